The summed E-state index contributed by atoms with van der Waals surface area (Å²) < 4.78 is 28.0. The Kier molecular flexibility index (Phi) is 3.06. The van der Waals surface area contributed by atoms with Crippen molar-refractivity contribution in [3.63, 3.8) is 0 Å². The SMILES string of the molecule is CC(C)(C)N1CC2C[C@H]3[C@H]2C2NS(=O)(=O)CN(C(C)(C)C)C23C1. The van der Waals surface area contributed by atoms with Gasteiger partial charge in [-0.3, -0.25) is 9.80 Å². The second-order valence-electron chi connectivity index (χ2n) is 10.2. The Morgan fingerprint density at radius 2 is 1.74 bits per heavy atom. The van der Waals surface area contributed by atoms with Crippen LogP contribution in [0.25, 0.3) is 0 Å². The molecule has 4 saturated heterocycles. The first-order chi connectivity index (χ1) is 10.4. The van der Waals surface area contributed by atoms with Crippen LogP contribution in [-0.4, -0.2) is 59.8 Å². The molecular weight excluding hydrogens is 310 g/mol. The van der Waals surface area contributed by atoms with Crippen LogP contribution in [0.5, 0.6) is 0 Å². The van der Waals surface area contributed by atoms with Crippen LogP contribution < -0.4 is 4.72 Å². The maximum atomic E-state index is 12.5. The number of nitrogens with one attached hydrogen (secondary N) is 1. The fourth-order valence-corrected chi connectivity index (χ4v) is 7.60. The second-order valence-corrected chi connectivity index (χ2v) is 11.9. The predicted octanol–water partition coefficient (Wildman–Crippen LogP) is 1.46. The van der Waals surface area contributed by atoms with Crippen molar-refractivity contribution < 1.29 is 8.42 Å². The van der Waals surface area contributed by atoms with Crippen LogP contribution in [0.1, 0.15) is 48.0 Å². The Labute approximate surface area is 140 Å². The third-order valence-electron chi connectivity index (χ3n) is 6.90. The molecule has 0 aromatic carbocycles. The smallest absolute Gasteiger partial charge is 0.225 e. The van der Waals surface area contributed by atoms with E-state index in [4.69, 9.17) is 0 Å². The summed E-state index contributed by atoms with van der Waals surface area (Å²) in [7, 11) is -3.21. The minimum atomic E-state index is -3.21. The zero-order valence-electron chi connectivity index (χ0n) is 15.3. The van der Waals surface area contributed by atoms with Gasteiger partial charge in [-0.15, -0.1) is 0 Å². The Morgan fingerprint density at radius 3 is 2.30 bits per heavy atom. The summed E-state index contributed by atoms with van der Waals surface area (Å²) in [5.41, 5.74) is -0.0321. The van der Waals surface area contributed by atoms with Crippen molar-refractivity contribution in [2.75, 3.05) is 19.0 Å². The van der Waals surface area contributed by atoms with Crippen molar-refractivity contribution >= 4 is 10.0 Å². The summed E-state index contributed by atoms with van der Waals surface area (Å²) in [5.74, 6) is 2.00. The molecule has 0 amide bonds. The summed E-state index contributed by atoms with van der Waals surface area (Å²) in [6.07, 6.45) is 1.27. The topological polar surface area (TPSA) is 52.7 Å². The van der Waals surface area contributed by atoms with Crippen LogP contribution in [0, 0.1) is 17.8 Å². The molecule has 2 saturated carbocycles. The third-order valence-corrected chi connectivity index (χ3v) is 8.11. The standard InChI is InChI=1S/C17H31N3O2S/c1-15(2,3)19-8-11-7-12-13(11)14-17(12,9-19)20(16(4,5)6)10-23(21,22)18-14/h11-14,18H,7-10H2,1-6H3/t11?,12-,13-,14?,17?/m0/s1. The highest BCUT2D eigenvalue weighted by Crippen LogP contribution is 2.66. The van der Waals surface area contributed by atoms with E-state index < -0.39 is 10.0 Å². The Bertz CT molecular complexity index is 633. The van der Waals surface area contributed by atoms with Gasteiger partial charge in [-0.2, -0.15) is 0 Å². The van der Waals surface area contributed by atoms with E-state index in [0.29, 0.717) is 17.8 Å². The summed E-state index contributed by atoms with van der Waals surface area (Å²) in [4.78, 5) is 4.92. The molecule has 6 fully saturated rings. The van der Waals surface area contributed by atoms with Crippen molar-refractivity contribution in [2.24, 2.45) is 17.8 Å². The van der Waals surface area contributed by atoms with Gasteiger partial charge in [-0.05, 0) is 65.7 Å². The molecule has 6 aliphatic rings. The predicted molar refractivity (Wildman–Crippen MR) is 91.4 cm³/mol. The molecule has 23 heavy (non-hydrogen) atoms. The Hall–Kier alpha value is -0.170. The third kappa shape index (κ3) is 2.04. The molecule has 0 aromatic rings. The molecular formula is C17H31N3O2S. The molecule has 1 spiro atoms. The van der Waals surface area contributed by atoms with Crippen LogP contribution in [0.4, 0.5) is 0 Å². The Morgan fingerprint density at radius 1 is 1.09 bits per heavy atom. The van der Waals surface area contributed by atoms with Crippen molar-refractivity contribution in [2.45, 2.75) is 70.6 Å². The molecule has 5 atom stereocenters. The van der Waals surface area contributed by atoms with Gasteiger partial charge in [0.15, 0.2) is 0 Å². The fraction of sp³-hybridized carbons (Fsp3) is 1.00. The number of hydrogen-bond donors (Lipinski definition) is 1. The summed E-state index contributed by atoms with van der Waals surface area (Å²) >= 11 is 0. The van der Waals surface area contributed by atoms with Crippen LogP contribution in [0.15, 0.2) is 0 Å². The normalized spacial score (nSPS) is 46.3. The molecule has 2 aliphatic carbocycles. The summed E-state index contributed by atoms with van der Waals surface area (Å²) in [5, 5.41) is 0. The lowest BCUT2D eigenvalue weighted by Crippen LogP contribution is -2.88. The largest absolute Gasteiger partial charge is 0.296 e. The molecule has 0 radical (unpaired) electrons. The minimum Gasteiger partial charge on any atom is -0.296 e. The maximum absolute atomic E-state index is 12.5. The molecule has 6 rings (SSSR count). The summed E-state index contributed by atoms with van der Waals surface area (Å²) in [6.45, 7) is 15.4. The van der Waals surface area contributed by atoms with Crippen molar-refractivity contribution in [3.8, 4) is 0 Å². The van der Waals surface area contributed by atoms with Crippen molar-refractivity contribution in [3.05, 3.63) is 0 Å². The molecule has 5 nitrogen and oxygen atoms in total. The van der Waals surface area contributed by atoms with Gasteiger partial charge in [0.05, 0.1) is 5.54 Å². The van der Waals surface area contributed by atoms with Gasteiger partial charge in [-0.25, -0.2) is 13.1 Å². The zero-order chi connectivity index (χ0) is 17.0. The molecule has 4 heterocycles. The van der Waals surface area contributed by atoms with E-state index in [1.54, 1.807) is 0 Å². The highest BCUT2D eigenvalue weighted by Gasteiger charge is 2.76. The lowest BCUT2D eigenvalue weighted by atomic mass is 9.41. The maximum Gasteiger partial charge on any atom is 0.225 e. The molecule has 1 N–H and O–H groups in total. The van der Waals surface area contributed by atoms with Gasteiger partial charge in [0, 0.05) is 30.2 Å². The van der Waals surface area contributed by atoms with E-state index in [9.17, 15) is 8.42 Å². The number of sulfonamides is 1. The van der Waals surface area contributed by atoms with E-state index in [0.717, 1.165) is 13.1 Å². The van der Waals surface area contributed by atoms with Crippen LogP contribution in [-0.2, 0) is 10.0 Å². The summed E-state index contributed by atoms with van der Waals surface area (Å²) in [6, 6.07) is 0.108. The monoisotopic (exact) mass is 341 g/mol. The highest BCUT2D eigenvalue weighted by atomic mass is 32.2. The van der Waals surface area contributed by atoms with Gasteiger partial charge >= 0.3 is 0 Å². The van der Waals surface area contributed by atoms with Gasteiger partial charge < -0.3 is 0 Å². The van der Waals surface area contributed by atoms with Gasteiger partial charge in [0.2, 0.25) is 10.0 Å². The minimum absolute atomic E-state index is 0.0193. The molecule has 3 unspecified atom stereocenters. The van der Waals surface area contributed by atoms with Gasteiger partial charge in [0.1, 0.15) is 5.88 Å². The average Bonchev–Trinajstić information content (AvgIpc) is 2.62. The molecule has 6 heteroatoms. The molecule has 4 aliphatic heterocycles. The van der Waals surface area contributed by atoms with E-state index in [-0.39, 0.29) is 28.5 Å². The lowest BCUT2D eigenvalue weighted by molar-refractivity contribution is -0.208. The number of rotatable bonds is 0. The zero-order valence-corrected chi connectivity index (χ0v) is 16.1. The lowest BCUT2D eigenvalue weighted by Gasteiger charge is -2.74. The van der Waals surface area contributed by atoms with E-state index in [1.807, 2.05) is 0 Å². The fourth-order valence-electron chi connectivity index (χ4n) is 5.81. The second kappa shape index (κ2) is 4.32. The van der Waals surface area contributed by atoms with Gasteiger partial charge in [0.25, 0.3) is 0 Å². The number of hydrogen-bond acceptors (Lipinski definition) is 4. The van der Waals surface area contributed by atoms with Crippen molar-refractivity contribution in [1.82, 2.24) is 14.5 Å². The Balaban J connectivity index is 1.80. The van der Waals surface area contributed by atoms with Crippen LogP contribution >= 0.6 is 0 Å². The molecule has 0 aromatic heterocycles. The van der Waals surface area contributed by atoms with Crippen LogP contribution in [0.2, 0.25) is 0 Å². The van der Waals surface area contributed by atoms with Crippen molar-refractivity contribution in [1.29, 1.82) is 0 Å². The highest BCUT2D eigenvalue weighted by molar-refractivity contribution is 7.89. The van der Waals surface area contributed by atoms with E-state index in [1.165, 1.54) is 6.42 Å². The molecule has 4 bridgehead atoms. The molecule has 132 valence electrons. The first-order valence-corrected chi connectivity index (χ1v) is 10.5. The van der Waals surface area contributed by atoms with Crippen LogP contribution in [0.3, 0.4) is 0 Å². The quantitative estimate of drug-likeness (QED) is 0.725. The first-order valence-electron chi connectivity index (χ1n) is 8.89. The average molecular weight is 342 g/mol. The van der Waals surface area contributed by atoms with E-state index in [2.05, 4.69) is 56.1 Å². The first kappa shape index (κ1) is 16.3. The van der Waals surface area contributed by atoms with E-state index >= 15 is 0 Å². The number of nitrogens with zero attached hydrogens (tertiary/aromatic N) is 2. The van der Waals surface area contributed by atoms with Gasteiger partial charge in [-0.1, -0.05) is 0 Å².